The number of phenols is 1. The molecule has 1 heterocycles. The summed E-state index contributed by atoms with van der Waals surface area (Å²) in [6, 6.07) is 2.25. The zero-order valence-electron chi connectivity index (χ0n) is 17.0. The number of benzene rings is 1. The highest BCUT2D eigenvalue weighted by atomic mass is 16.4. The number of imidazole rings is 1. The fraction of sp³-hybridized carbons (Fsp3) is 0.350. The second-order valence-corrected chi connectivity index (χ2v) is 7.13. The van der Waals surface area contributed by atoms with Crippen molar-refractivity contribution in [3.8, 4) is 5.75 Å². The van der Waals surface area contributed by atoms with E-state index in [1.54, 1.807) is 18.3 Å². The lowest BCUT2D eigenvalue weighted by atomic mass is 10.0. The fourth-order valence-corrected chi connectivity index (χ4v) is 2.87. The summed E-state index contributed by atoms with van der Waals surface area (Å²) >= 11 is 0. The van der Waals surface area contributed by atoms with E-state index in [2.05, 4.69) is 20.6 Å². The van der Waals surface area contributed by atoms with Gasteiger partial charge in [-0.05, 0) is 24.1 Å². The van der Waals surface area contributed by atoms with Crippen molar-refractivity contribution in [3.05, 3.63) is 48.0 Å². The van der Waals surface area contributed by atoms with Gasteiger partial charge in [-0.25, -0.2) is 9.78 Å². The molecule has 8 N–H and O–H groups in total. The highest BCUT2D eigenvalue weighted by molar-refractivity contribution is 5.92. The largest absolute Gasteiger partial charge is 0.508 e. The first kappa shape index (κ1) is 24.3. The Kier molecular flexibility index (Phi) is 8.72. The number of aliphatic carboxylic acids is 2. The Morgan fingerprint density at radius 3 is 2.22 bits per heavy atom. The summed E-state index contributed by atoms with van der Waals surface area (Å²) in [7, 11) is 0. The monoisotopic (exact) mass is 447 g/mol. The van der Waals surface area contributed by atoms with E-state index in [1.807, 2.05) is 0 Å². The van der Waals surface area contributed by atoms with E-state index >= 15 is 0 Å². The highest BCUT2D eigenvalue weighted by Gasteiger charge is 2.28. The minimum atomic E-state index is -1.45. The predicted octanol–water partition coefficient (Wildman–Crippen LogP) is -0.853. The number of carbonyl (C=O) groups excluding carboxylic acids is 2. The van der Waals surface area contributed by atoms with E-state index in [1.165, 1.54) is 18.5 Å². The van der Waals surface area contributed by atoms with Gasteiger partial charge in [-0.3, -0.25) is 14.4 Å². The van der Waals surface area contributed by atoms with Crippen molar-refractivity contribution < 1.29 is 34.5 Å². The number of nitrogens with two attached hydrogens (primary N) is 1. The molecule has 0 aliphatic rings. The summed E-state index contributed by atoms with van der Waals surface area (Å²) in [5.74, 6) is -4.05. The Morgan fingerprint density at radius 2 is 1.66 bits per heavy atom. The fourth-order valence-electron chi connectivity index (χ4n) is 2.87. The maximum atomic E-state index is 12.8. The van der Waals surface area contributed by atoms with E-state index in [9.17, 15) is 29.4 Å². The summed E-state index contributed by atoms with van der Waals surface area (Å²) in [6.07, 6.45) is 2.32. The quantitative estimate of drug-likeness (QED) is 0.216. The lowest BCUT2D eigenvalue weighted by molar-refractivity contribution is -0.143. The Hall–Kier alpha value is -3.93. The average molecular weight is 447 g/mol. The van der Waals surface area contributed by atoms with Gasteiger partial charge in [0.25, 0.3) is 0 Å². The van der Waals surface area contributed by atoms with Crippen LogP contribution in [0.25, 0.3) is 0 Å². The van der Waals surface area contributed by atoms with E-state index in [0.717, 1.165) is 0 Å². The number of hydrogen-bond donors (Lipinski definition) is 7. The van der Waals surface area contributed by atoms with Gasteiger partial charge in [0.15, 0.2) is 0 Å². The third kappa shape index (κ3) is 7.72. The molecular weight excluding hydrogens is 422 g/mol. The number of amides is 2. The van der Waals surface area contributed by atoms with Crippen LogP contribution in [0, 0.1) is 0 Å². The lowest BCUT2D eigenvalue weighted by Gasteiger charge is -2.23. The van der Waals surface area contributed by atoms with Crippen LogP contribution in [-0.4, -0.2) is 67.2 Å². The summed E-state index contributed by atoms with van der Waals surface area (Å²) in [5.41, 5.74) is 7.04. The van der Waals surface area contributed by atoms with Crippen LogP contribution in [0.15, 0.2) is 36.8 Å². The number of carboxylic acids is 2. The number of nitrogens with one attached hydrogen (secondary N) is 3. The predicted molar refractivity (Wildman–Crippen MR) is 110 cm³/mol. The van der Waals surface area contributed by atoms with E-state index in [4.69, 9.17) is 10.8 Å². The third-order valence-electron chi connectivity index (χ3n) is 4.59. The number of rotatable bonds is 12. The molecule has 12 nitrogen and oxygen atoms in total. The number of aromatic hydroxyl groups is 1. The normalized spacial score (nSPS) is 13.5. The molecule has 0 unspecified atom stereocenters. The highest BCUT2D eigenvalue weighted by Crippen LogP contribution is 2.12. The standard InChI is InChI=1S/C20H25N5O7/c21-14(8-12-9-22-10-23-12)18(29)25-16(7-11-1-3-13(26)4-2-11)19(30)24-15(20(31)32)5-6-17(27)28/h1-4,9-10,14-16,26H,5-8,21H2,(H,22,23)(H,24,30)(H,25,29)(H,27,28)(H,31,32)/t14-,15-,16-/m0/s1. The van der Waals surface area contributed by atoms with Crippen molar-refractivity contribution in [2.75, 3.05) is 0 Å². The molecule has 0 spiro atoms. The van der Waals surface area contributed by atoms with E-state index in [-0.39, 0.29) is 25.0 Å². The van der Waals surface area contributed by atoms with E-state index in [0.29, 0.717) is 11.3 Å². The number of carboxylic acid groups (broad SMARTS) is 2. The Labute approximate surface area is 182 Å². The third-order valence-corrected chi connectivity index (χ3v) is 4.59. The van der Waals surface area contributed by atoms with Crippen molar-refractivity contribution in [1.82, 2.24) is 20.6 Å². The van der Waals surface area contributed by atoms with Gasteiger partial charge in [0, 0.05) is 25.5 Å². The van der Waals surface area contributed by atoms with Crippen molar-refractivity contribution in [3.63, 3.8) is 0 Å². The number of aromatic amines is 1. The minimum Gasteiger partial charge on any atom is -0.508 e. The molecule has 12 heteroatoms. The van der Waals surface area contributed by atoms with Crippen LogP contribution in [0.5, 0.6) is 5.75 Å². The first-order valence-corrected chi connectivity index (χ1v) is 9.72. The molecule has 0 bridgehead atoms. The van der Waals surface area contributed by atoms with Crippen LogP contribution in [-0.2, 0) is 32.0 Å². The second kappa shape index (κ2) is 11.5. The molecule has 0 aliphatic carbocycles. The minimum absolute atomic E-state index is 0.0134. The van der Waals surface area contributed by atoms with Crippen LogP contribution in [0.1, 0.15) is 24.1 Å². The van der Waals surface area contributed by atoms with Crippen LogP contribution >= 0.6 is 0 Å². The number of carbonyl (C=O) groups is 4. The molecule has 2 rings (SSSR count). The first-order valence-electron chi connectivity index (χ1n) is 9.72. The maximum absolute atomic E-state index is 12.8. The number of phenolic OH excluding ortho intramolecular Hbond substituents is 1. The average Bonchev–Trinajstić information content (AvgIpc) is 3.24. The van der Waals surface area contributed by atoms with Crippen molar-refractivity contribution >= 4 is 23.8 Å². The van der Waals surface area contributed by atoms with Crippen molar-refractivity contribution in [1.29, 1.82) is 0 Å². The van der Waals surface area contributed by atoms with Gasteiger partial charge in [-0.15, -0.1) is 0 Å². The number of H-pyrrole nitrogens is 1. The van der Waals surface area contributed by atoms with Crippen molar-refractivity contribution in [2.45, 2.75) is 43.8 Å². The van der Waals surface area contributed by atoms with Gasteiger partial charge >= 0.3 is 11.9 Å². The molecule has 3 atom stereocenters. The molecule has 0 radical (unpaired) electrons. The molecule has 2 aromatic rings. The zero-order chi connectivity index (χ0) is 23.7. The Bertz CT molecular complexity index is 930. The number of hydrogen-bond acceptors (Lipinski definition) is 7. The van der Waals surface area contributed by atoms with Gasteiger partial charge in [-0.2, -0.15) is 0 Å². The first-order chi connectivity index (χ1) is 15.2. The number of nitrogens with zero attached hydrogens (tertiary/aromatic N) is 1. The Balaban J connectivity index is 2.13. The molecule has 0 fully saturated rings. The molecule has 1 aromatic heterocycles. The molecule has 2 amide bonds. The smallest absolute Gasteiger partial charge is 0.326 e. The molecule has 0 aliphatic heterocycles. The van der Waals surface area contributed by atoms with Gasteiger partial charge in [0.2, 0.25) is 11.8 Å². The summed E-state index contributed by atoms with van der Waals surface area (Å²) in [4.78, 5) is 54.3. The lowest BCUT2D eigenvalue weighted by Crippen LogP contribution is -2.55. The molecule has 0 saturated carbocycles. The SMILES string of the molecule is N[C@@H](Cc1c[nH]cn1)C(=O)N[C@@H](Cc1ccc(O)cc1)C(=O)N[C@@H](CCC(=O)O)C(=O)O. The van der Waals surface area contributed by atoms with Crippen LogP contribution in [0.2, 0.25) is 0 Å². The molecule has 0 saturated heterocycles. The number of aromatic nitrogens is 2. The van der Waals surface area contributed by atoms with Gasteiger partial charge in [0.1, 0.15) is 17.8 Å². The van der Waals surface area contributed by atoms with Crippen LogP contribution < -0.4 is 16.4 Å². The molecule has 172 valence electrons. The Morgan fingerprint density at radius 1 is 1.00 bits per heavy atom. The van der Waals surface area contributed by atoms with Gasteiger partial charge in [-0.1, -0.05) is 12.1 Å². The summed E-state index contributed by atoms with van der Waals surface area (Å²) in [6.45, 7) is 0. The van der Waals surface area contributed by atoms with Gasteiger partial charge in [0.05, 0.1) is 18.1 Å². The zero-order valence-corrected chi connectivity index (χ0v) is 17.0. The van der Waals surface area contributed by atoms with Crippen molar-refractivity contribution in [2.24, 2.45) is 5.73 Å². The summed E-state index contributed by atoms with van der Waals surface area (Å²) in [5, 5.41) is 32.3. The maximum Gasteiger partial charge on any atom is 0.326 e. The van der Waals surface area contributed by atoms with Crippen LogP contribution in [0.3, 0.4) is 0 Å². The van der Waals surface area contributed by atoms with E-state index < -0.39 is 48.3 Å². The second-order valence-electron chi connectivity index (χ2n) is 7.13. The van der Waals surface area contributed by atoms with Gasteiger partial charge < -0.3 is 36.7 Å². The van der Waals surface area contributed by atoms with Crippen LogP contribution in [0.4, 0.5) is 0 Å². The molecule has 32 heavy (non-hydrogen) atoms. The topological polar surface area (TPSA) is 208 Å². The molecular formula is C20H25N5O7. The summed E-state index contributed by atoms with van der Waals surface area (Å²) < 4.78 is 0. The molecule has 1 aromatic carbocycles.